The lowest BCUT2D eigenvalue weighted by molar-refractivity contribution is -0.0408. The Morgan fingerprint density at radius 3 is 2.62 bits per heavy atom. The van der Waals surface area contributed by atoms with E-state index in [-0.39, 0.29) is 11.6 Å². The Hall–Kier alpha value is -0.860. The highest BCUT2D eigenvalue weighted by atomic mass is 16.3. The largest absolute Gasteiger partial charge is 0.391 e. The van der Waals surface area contributed by atoms with Crippen molar-refractivity contribution in [2.24, 2.45) is 0 Å². The van der Waals surface area contributed by atoms with E-state index in [1.165, 1.54) is 30.4 Å². The third-order valence-electron chi connectivity index (χ3n) is 5.98. The minimum Gasteiger partial charge on any atom is -0.391 e. The molecule has 3 atom stereocenters. The van der Waals surface area contributed by atoms with Gasteiger partial charge in [-0.15, -0.1) is 0 Å². The van der Waals surface area contributed by atoms with Gasteiger partial charge in [-0.1, -0.05) is 37.6 Å². The van der Waals surface area contributed by atoms with E-state index in [1.807, 2.05) is 0 Å². The fraction of sp³-hybridized carbons (Fsp3) is 0.684. The molecule has 3 unspecified atom stereocenters. The fourth-order valence-corrected chi connectivity index (χ4v) is 4.17. The fourth-order valence-electron chi connectivity index (χ4n) is 4.17. The molecule has 21 heavy (non-hydrogen) atoms. The number of aliphatic hydroxyl groups is 1. The van der Waals surface area contributed by atoms with E-state index >= 15 is 0 Å². The molecule has 2 aliphatic rings. The number of nitrogens with zero attached hydrogens (tertiary/aromatic N) is 1. The molecule has 1 heterocycles. The smallest absolute Gasteiger partial charge is 0.0727 e. The molecule has 0 radical (unpaired) electrons. The molecule has 1 saturated heterocycles. The van der Waals surface area contributed by atoms with Crippen LogP contribution in [0, 0.1) is 0 Å². The van der Waals surface area contributed by atoms with Crippen LogP contribution in [0.3, 0.4) is 0 Å². The van der Waals surface area contributed by atoms with Gasteiger partial charge in [0.2, 0.25) is 0 Å². The number of aliphatic hydroxyl groups excluding tert-OH is 1. The van der Waals surface area contributed by atoms with Crippen LogP contribution >= 0.6 is 0 Å². The molecular formula is C19H29NO. The lowest BCUT2D eigenvalue weighted by atomic mass is 9.72. The molecule has 116 valence electrons. The highest BCUT2D eigenvalue weighted by Crippen LogP contribution is 2.41. The van der Waals surface area contributed by atoms with Gasteiger partial charge in [-0.3, -0.25) is 4.90 Å². The Kier molecular flexibility index (Phi) is 4.37. The lowest BCUT2D eigenvalue weighted by Gasteiger charge is -2.47. The van der Waals surface area contributed by atoms with E-state index < -0.39 is 0 Å². The summed E-state index contributed by atoms with van der Waals surface area (Å²) in [7, 11) is 0. The molecular weight excluding hydrogens is 258 g/mol. The molecule has 0 aromatic heterocycles. The number of likely N-dealkylation sites (tertiary alicyclic amines) is 1. The van der Waals surface area contributed by atoms with E-state index in [2.05, 4.69) is 43.0 Å². The Bertz CT molecular complexity index is 480. The number of fused-ring (bicyclic) bond motifs is 1. The predicted molar refractivity (Wildman–Crippen MR) is 87.6 cm³/mol. The van der Waals surface area contributed by atoms with Gasteiger partial charge in [-0.2, -0.15) is 0 Å². The van der Waals surface area contributed by atoms with Gasteiger partial charge in [0.05, 0.1) is 6.10 Å². The van der Waals surface area contributed by atoms with Gasteiger partial charge in [0.25, 0.3) is 0 Å². The van der Waals surface area contributed by atoms with Crippen molar-refractivity contribution in [1.29, 1.82) is 0 Å². The Labute approximate surface area is 129 Å². The van der Waals surface area contributed by atoms with Crippen molar-refractivity contribution in [3.05, 3.63) is 35.4 Å². The second-order valence-corrected chi connectivity index (χ2v) is 7.11. The van der Waals surface area contributed by atoms with E-state index in [4.69, 9.17) is 0 Å². The van der Waals surface area contributed by atoms with Gasteiger partial charge in [0.1, 0.15) is 0 Å². The van der Waals surface area contributed by atoms with E-state index in [0.717, 1.165) is 32.4 Å². The molecule has 2 nitrogen and oxygen atoms in total. The van der Waals surface area contributed by atoms with Crippen molar-refractivity contribution < 1.29 is 5.11 Å². The number of hydrogen-bond acceptors (Lipinski definition) is 2. The van der Waals surface area contributed by atoms with Crippen LogP contribution in [0.15, 0.2) is 24.3 Å². The second kappa shape index (κ2) is 6.10. The van der Waals surface area contributed by atoms with Gasteiger partial charge < -0.3 is 5.11 Å². The van der Waals surface area contributed by atoms with Crippen LogP contribution < -0.4 is 0 Å². The third-order valence-corrected chi connectivity index (χ3v) is 5.98. The normalized spacial score (nSPS) is 26.5. The van der Waals surface area contributed by atoms with E-state index in [0.29, 0.717) is 5.92 Å². The molecule has 1 aliphatic heterocycles. The monoisotopic (exact) mass is 287 g/mol. The summed E-state index contributed by atoms with van der Waals surface area (Å²) < 4.78 is 0. The summed E-state index contributed by atoms with van der Waals surface area (Å²) in [4.78, 5) is 2.55. The topological polar surface area (TPSA) is 23.5 Å². The first-order chi connectivity index (χ1) is 10.1. The zero-order chi connectivity index (χ0) is 14.9. The van der Waals surface area contributed by atoms with Gasteiger partial charge >= 0.3 is 0 Å². The van der Waals surface area contributed by atoms with Crippen molar-refractivity contribution in [1.82, 2.24) is 4.90 Å². The van der Waals surface area contributed by atoms with Gasteiger partial charge in [0.15, 0.2) is 0 Å². The van der Waals surface area contributed by atoms with E-state index in [9.17, 15) is 5.11 Å². The number of benzene rings is 1. The maximum absolute atomic E-state index is 10.9. The average molecular weight is 287 g/mol. The molecule has 0 saturated carbocycles. The number of hydrogen-bond donors (Lipinski definition) is 1. The number of rotatable bonds is 5. The van der Waals surface area contributed by atoms with Crippen LogP contribution in [0.1, 0.15) is 63.0 Å². The van der Waals surface area contributed by atoms with Crippen LogP contribution in [-0.4, -0.2) is 34.7 Å². The second-order valence-electron chi connectivity index (χ2n) is 7.11. The average Bonchev–Trinajstić information content (AvgIpc) is 2.52. The van der Waals surface area contributed by atoms with Crippen LogP contribution in [0.2, 0.25) is 0 Å². The first-order valence-electron chi connectivity index (χ1n) is 8.66. The molecule has 3 rings (SSSR count). The van der Waals surface area contributed by atoms with Gasteiger partial charge in [-0.05, 0) is 69.2 Å². The molecule has 1 fully saturated rings. The summed E-state index contributed by atoms with van der Waals surface area (Å²) in [6.07, 6.45) is 6.79. The van der Waals surface area contributed by atoms with Crippen molar-refractivity contribution in [2.45, 2.75) is 69.9 Å². The number of piperidine rings is 1. The summed E-state index contributed by atoms with van der Waals surface area (Å²) in [5, 5.41) is 10.9. The van der Waals surface area contributed by atoms with E-state index in [1.54, 1.807) is 0 Å². The van der Waals surface area contributed by atoms with Gasteiger partial charge in [-0.25, -0.2) is 0 Å². The molecule has 2 heteroatoms. The molecule has 1 aliphatic carbocycles. The van der Waals surface area contributed by atoms with Gasteiger partial charge in [0, 0.05) is 5.54 Å². The maximum atomic E-state index is 10.9. The highest BCUT2D eigenvalue weighted by Gasteiger charge is 2.40. The lowest BCUT2D eigenvalue weighted by Crippen LogP contribution is -2.56. The first kappa shape index (κ1) is 15.1. The standard InChI is InChI=1S/C19H29NO/c1-3-19(2,20-11-7-4-8-12-20)18(21)14-16-13-15-9-5-6-10-17(15)16/h5-6,9-10,16,18,21H,3-4,7-8,11-14H2,1-2H3. The Morgan fingerprint density at radius 1 is 1.24 bits per heavy atom. The minimum atomic E-state index is -0.223. The predicted octanol–water partition coefficient (Wildman–Crippen LogP) is 3.73. The quantitative estimate of drug-likeness (QED) is 0.892. The molecule has 1 aromatic carbocycles. The zero-order valence-corrected chi connectivity index (χ0v) is 13.5. The first-order valence-corrected chi connectivity index (χ1v) is 8.66. The highest BCUT2D eigenvalue weighted by molar-refractivity contribution is 5.40. The maximum Gasteiger partial charge on any atom is 0.0727 e. The molecule has 0 amide bonds. The SMILES string of the molecule is CCC(C)(C(O)CC1Cc2ccccc21)N1CCCCC1. The van der Waals surface area contributed by atoms with Crippen molar-refractivity contribution in [2.75, 3.05) is 13.1 Å². The molecule has 0 bridgehead atoms. The summed E-state index contributed by atoms with van der Waals surface area (Å²) in [6, 6.07) is 8.71. The molecule has 1 N–H and O–H groups in total. The van der Waals surface area contributed by atoms with Crippen molar-refractivity contribution in [3.8, 4) is 0 Å². The minimum absolute atomic E-state index is 0.0506. The molecule has 1 aromatic rings. The van der Waals surface area contributed by atoms with Crippen LogP contribution in [0.4, 0.5) is 0 Å². The van der Waals surface area contributed by atoms with Crippen molar-refractivity contribution in [3.63, 3.8) is 0 Å². The third kappa shape index (κ3) is 2.76. The van der Waals surface area contributed by atoms with Crippen LogP contribution in [0.25, 0.3) is 0 Å². The molecule has 0 spiro atoms. The van der Waals surface area contributed by atoms with Crippen molar-refractivity contribution >= 4 is 0 Å². The zero-order valence-electron chi connectivity index (χ0n) is 13.5. The van der Waals surface area contributed by atoms with Crippen LogP contribution in [-0.2, 0) is 6.42 Å². The van der Waals surface area contributed by atoms with Crippen LogP contribution in [0.5, 0.6) is 0 Å². The Morgan fingerprint density at radius 2 is 1.95 bits per heavy atom. The Balaban J connectivity index is 1.67. The summed E-state index contributed by atoms with van der Waals surface area (Å²) >= 11 is 0. The summed E-state index contributed by atoms with van der Waals surface area (Å²) in [5.41, 5.74) is 2.89. The summed E-state index contributed by atoms with van der Waals surface area (Å²) in [6.45, 7) is 6.81. The summed E-state index contributed by atoms with van der Waals surface area (Å²) in [5.74, 6) is 0.562.